The summed E-state index contributed by atoms with van der Waals surface area (Å²) in [5.41, 5.74) is 8.42. The van der Waals surface area contributed by atoms with Gasteiger partial charge in [0.15, 0.2) is 17.2 Å². The summed E-state index contributed by atoms with van der Waals surface area (Å²) in [6.45, 7) is 1.94. The van der Waals surface area contributed by atoms with Gasteiger partial charge in [-0.05, 0) is 53.9 Å². The van der Waals surface area contributed by atoms with Crippen LogP contribution in [0.2, 0.25) is 5.15 Å². The number of hydrogen-bond donors (Lipinski definition) is 1. The molecule has 0 aliphatic heterocycles. The van der Waals surface area contributed by atoms with Crippen LogP contribution in [0.1, 0.15) is 24.9 Å². The number of pyridine rings is 1. The molecule has 202 valence electrons. The summed E-state index contributed by atoms with van der Waals surface area (Å²) >= 11 is 7.68. The van der Waals surface area contributed by atoms with Gasteiger partial charge in [0.05, 0.1) is 24.1 Å². The fraction of sp³-hybridized carbons (Fsp3) is 0.143. The molecule has 0 aliphatic carbocycles. The Morgan fingerprint density at radius 3 is 2.67 bits per heavy atom. The molecule has 0 fully saturated rings. The van der Waals surface area contributed by atoms with Crippen molar-refractivity contribution in [2.24, 2.45) is 0 Å². The van der Waals surface area contributed by atoms with Gasteiger partial charge in [-0.25, -0.2) is 23.4 Å². The lowest BCUT2D eigenvalue weighted by Gasteiger charge is -2.20. The average Bonchev–Trinajstić information content (AvgIpc) is 3.51. The summed E-state index contributed by atoms with van der Waals surface area (Å²) in [7, 11) is 1.39. The van der Waals surface area contributed by atoms with Crippen molar-refractivity contribution in [2.45, 2.75) is 19.4 Å². The Balaban J connectivity index is 1.65. The van der Waals surface area contributed by atoms with Crippen molar-refractivity contribution < 1.29 is 13.5 Å². The Morgan fingerprint density at radius 1 is 1.12 bits per heavy atom. The molecule has 0 amide bonds. The molecule has 4 aromatic heterocycles. The van der Waals surface area contributed by atoms with Gasteiger partial charge >= 0.3 is 0 Å². The van der Waals surface area contributed by atoms with Crippen LogP contribution in [0.25, 0.3) is 38.2 Å². The fourth-order valence-electron chi connectivity index (χ4n) is 5.01. The number of nitrogen functional groups attached to an aromatic ring is 1. The van der Waals surface area contributed by atoms with Crippen LogP contribution < -0.4 is 16.0 Å². The van der Waals surface area contributed by atoms with Gasteiger partial charge in [-0.3, -0.25) is 9.20 Å². The predicted octanol–water partition coefficient (Wildman–Crippen LogP) is 6.36. The third-order valence-corrected chi connectivity index (χ3v) is 8.08. The molecule has 6 rings (SSSR count). The number of hydrogen-bond acceptors (Lipinski definition) is 7. The second-order valence-electron chi connectivity index (χ2n) is 9.05. The quantitative estimate of drug-likeness (QED) is 0.247. The van der Waals surface area contributed by atoms with Crippen LogP contribution in [0, 0.1) is 11.6 Å². The number of fused-ring (bicyclic) bond motifs is 2. The average molecular weight is 579 g/mol. The summed E-state index contributed by atoms with van der Waals surface area (Å²) in [4.78, 5) is 23.1. The maximum absolute atomic E-state index is 14.7. The Hall–Kier alpha value is -4.35. The third kappa shape index (κ3) is 4.09. The monoisotopic (exact) mass is 578 g/mol. The molecule has 0 saturated carbocycles. The lowest BCUT2D eigenvalue weighted by atomic mass is 9.95. The number of nitrogens with two attached hydrogens (primary N) is 1. The first-order valence-corrected chi connectivity index (χ1v) is 13.5. The van der Waals surface area contributed by atoms with E-state index in [4.69, 9.17) is 27.2 Å². The first-order valence-electron chi connectivity index (χ1n) is 12.2. The van der Waals surface area contributed by atoms with E-state index < -0.39 is 17.7 Å². The first-order chi connectivity index (χ1) is 19.3. The zero-order chi connectivity index (χ0) is 28.1. The lowest BCUT2D eigenvalue weighted by Crippen LogP contribution is -2.21. The van der Waals surface area contributed by atoms with Gasteiger partial charge in [0.2, 0.25) is 0 Å². The van der Waals surface area contributed by atoms with Crippen LogP contribution >= 0.6 is 22.9 Å². The van der Waals surface area contributed by atoms with Gasteiger partial charge < -0.3 is 10.5 Å². The molecule has 2 aromatic carbocycles. The van der Waals surface area contributed by atoms with Crippen molar-refractivity contribution in [1.29, 1.82) is 0 Å². The molecule has 1 unspecified atom stereocenters. The van der Waals surface area contributed by atoms with Crippen molar-refractivity contribution in [3.05, 3.63) is 92.9 Å². The largest absolute Gasteiger partial charge is 0.494 e. The van der Waals surface area contributed by atoms with E-state index in [0.29, 0.717) is 44.7 Å². The maximum Gasteiger partial charge on any atom is 0.265 e. The molecule has 4 heterocycles. The third-order valence-electron chi connectivity index (χ3n) is 6.79. The zero-order valence-electron chi connectivity index (χ0n) is 21.2. The molecule has 0 radical (unpaired) electrons. The molecule has 0 saturated heterocycles. The normalized spacial score (nSPS) is 12.3. The molecule has 6 aromatic rings. The number of thiazole rings is 1. The van der Waals surface area contributed by atoms with Crippen LogP contribution in [0.3, 0.4) is 0 Å². The molecule has 12 heteroatoms. The minimum Gasteiger partial charge on any atom is -0.494 e. The van der Waals surface area contributed by atoms with E-state index in [1.54, 1.807) is 28.3 Å². The molecule has 2 N–H and O–H groups in total. The molecule has 0 aliphatic rings. The molecule has 1 atom stereocenters. The summed E-state index contributed by atoms with van der Waals surface area (Å²) in [6.07, 6.45) is 1.81. The highest BCUT2D eigenvalue weighted by Crippen LogP contribution is 2.38. The number of halogens is 3. The van der Waals surface area contributed by atoms with Crippen molar-refractivity contribution in [3.8, 4) is 28.1 Å². The summed E-state index contributed by atoms with van der Waals surface area (Å²) in [6, 6.07) is 11.7. The molecule has 8 nitrogen and oxygen atoms in total. The number of methoxy groups -OCH3 is 1. The molecular formula is C28H21ClF2N6O2S. The Kier molecular flexibility index (Phi) is 6.47. The number of benzene rings is 2. The second-order valence-corrected chi connectivity index (χ2v) is 10.3. The smallest absolute Gasteiger partial charge is 0.265 e. The van der Waals surface area contributed by atoms with Crippen molar-refractivity contribution >= 4 is 44.6 Å². The summed E-state index contributed by atoms with van der Waals surface area (Å²) in [5.74, 6) is -0.785. The molecular weight excluding hydrogens is 558 g/mol. The van der Waals surface area contributed by atoms with Crippen LogP contribution in [-0.4, -0.2) is 31.3 Å². The molecule has 0 spiro atoms. The minimum atomic E-state index is -0.563. The Bertz CT molecular complexity index is 1990. The fourth-order valence-corrected chi connectivity index (χ4v) is 6.16. The number of nitrogens with zero attached hydrogens (tertiary/aromatic N) is 5. The number of ether oxygens (including phenoxy) is 1. The van der Waals surface area contributed by atoms with Gasteiger partial charge in [-0.2, -0.15) is 5.10 Å². The van der Waals surface area contributed by atoms with E-state index in [9.17, 15) is 13.6 Å². The standard InChI is InChI=1S/C28H21ClF2N6O2S/c1-3-19(17-11-22-36(21(29)12-40-22)28(38)23(17)14-5-4-6-16(30)9-14)37-27-24(26(32)33-13-34-27)25(35-37)15-7-8-20(39-2)18(31)10-15/h4-13,19H,3H2,1-2H3,(H2,32,33,34). The van der Waals surface area contributed by atoms with E-state index >= 15 is 0 Å². The first kappa shape index (κ1) is 25.9. The van der Waals surface area contributed by atoms with Crippen LogP contribution in [0.15, 0.2) is 65.0 Å². The minimum absolute atomic E-state index is 0.0891. The van der Waals surface area contributed by atoms with Crippen molar-refractivity contribution in [3.63, 3.8) is 0 Å². The van der Waals surface area contributed by atoms with Gasteiger partial charge in [0.25, 0.3) is 5.56 Å². The van der Waals surface area contributed by atoms with Gasteiger partial charge in [-0.1, -0.05) is 30.7 Å². The topological polar surface area (TPSA) is 100 Å². The highest BCUT2D eigenvalue weighted by Gasteiger charge is 2.27. The van der Waals surface area contributed by atoms with E-state index in [1.165, 1.54) is 53.4 Å². The Labute approximate surface area is 235 Å². The molecule has 40 heavy (non-hydrogen) atoms. The van der Waals surface area contributed by atoms with Crippen LogP contribution in [0.4, 0.5) is 14.6 Å². The van der Waals surface area contributed by atoms with Gasteiger partial charge in [0.1, 0.15) is 33.6 Å². The zero-order valence-corrected chi connectivity index (χ0v) is 22.8. The molecule has 0 bridgehead atoms. The lowest BCUT2D eigenvalue weighted by molar-refractivity contribution is 0.386. The number of rotatable bonds is 6. The highest BCUT2D eigenvalue weighted by molar-refractivity contribution is 7.16. The summed E-state index contributed by atoms with van der Waals surface area (Å²) in [5, 5.41) is 7.23. The maximum atomic E-state index is 14.7. The van der Waals surface area contributed by atoms with Gasteiger partial charge in [0, 0.05) is 10.9 Å². The Morgan fingerprint density at radius 2 is 1.95 bits per heavy atom. The highest BCUT2D eigenvalue weighted by atomic mass is 35.5. The number of anilines is 1. The summed E-state index contributed by atoms with van der Waals surface area (Å²) < 4.78 is 37.2. The van der Waals surface area contributed by atoms with E-state index in [1.807, 2.05) is 13.0 Å². The SMILES string of the molecule is CCC(c1cc2scc(Cl)n2c(=O)c1-c1cccc(F)c1)n1nc(-c2ccc(OC)c(F)c2)c2c(N)ncnc21. The van der Waals surface area contributed by atoms with E-state index in [0.717, 1.165) is 0 Å². The predicted molar refractivity (Wildman–Crippen MR) is 152 cm³/mol. The van der Waals surface area contributed by atoms with Crippen molar-refractivity contribution in [2.75, 3.05) is 12.8 Å². The van der Waals surface area contributed by atoms with Crippen LogP contribution in [0.5, 0.6) is 5.75 Å². The number of aromatic nitrogens is 5. The van der Waals surface area contributed by atoms with Crippen molar-refractivity contribution in [1.82, 2.24) is 24.1 Å². The van der Waals surface area contributed by atoms with Crippen LogP contribution in [-0.2, 0) is 0 Å². The second kappa shape index (κ2) is 10.00. The van der Waals surface area contributed by atoms with E-state index in [2.05, 4.69) is 9.97 Å². The van der Waals surface area contributed by atoms with Gasteiger partial charge in [-0.15, -0.1) is 11.3 Å². The van der Waals surface area contributed by atoms with E-state index in [-0.39, 0.29) is 27.8 Å².